The summed E-state index contributed by atoms with van der Waals surface area (Å²) in [5.74, 6) is -1.91. The van der Waals surface area contributed by atoms with Gasteiger partial charge in [-0.25, -0.2) is 8.78 Å². The molecule has 1 aliphatic heterocycles. The first-order valence-electron chi connectivity index (χ1n) is 12.4. The normalized spacial score (nSPS) is 15.3. The Labute approximate surface area is 225 Å². The predicted octanol–water partition coefficient (Wildman–Crippen LogP) is 5.16. The molecule has 2 N–H and O–H groups in total. The number of carbonyl (C=O) groups excluding carboxylic acids is 2. The van der Waals surface area contributed by atoms with Crippen molar-refractivity contribution >= 4 is 23.4 Å². The maximum Gasteiger partial charge on any atom is 0.274 e. The molecule has 4 rings (SSSR count). The van der Waals surface area contributed by atoms with Crippen LogP contribution in [-0.4, -0.2) is 47.0 Å². The highest BCUT2D eigenvalue weighted by Gasteiger charge is 2.46. The Morgan fingerprint density at radius 1 is 1.16 bits per heavy atom. The first kappa shape index (κ1) is 27.7. The van der Waals surface area contributed by atoms with Crippen LogP contribution in [0.25, 0.3) is 11.3 Å². The van der Waals surface area contributed by atoms with E-state index in [1.54, 1.807) is 12.1 Å². The van der Waals surface area contributed by atoms with Crippen LogP contribution < -0.4 is 10.6 Å². The summed E-state index contributed by atoms with van der Waals surface area (Å²) in [6, 6.07) is 11.6. The van der Waals surface area contributed by atoms with Crippen molar-refractivity contribution in [1.82, 2.24) is 20.7 Å². The minimum atomic E-state index is -0.827. The van der Waals surface area contributed by atoms with Crippen molar-refractivity contribution in [2.24, 2.45) is 5.92 Å². The molecule has 202 valence electrons. The number of hydrogen-bond acceptors (Lipinski definition) is 5. The predicted molar refractivity (Wildman–Crippen MR) is 141 cm³/mol. The first-order valence-corrected chi connectivity index (χ1v) is 12.8. The van der Waals surface area contributed by atoms with Crippen molar-refractivity contribution < 1.29 is 22.9 Å². The molecule has 38 heavy (non-hydrogen) atoms. The summed E-state index contributed by atoms with van der Waals surface area (Å²) in [6.45, 7) is 9.77. The highest BCUT2D eigenvalue weighted by atomic mass is 35.5. The molecule has 3 aromatic rings. The lowest BCUT2D eigenvalue weighted by Crippen LogP contribution is -2.71. The Balaban J connectivity index is 1.49. The molecule has 2 aromatic carbocycles. The molecule has 10 heteroatoms. The Kier molecular flexibility index (Phi) is 7.90. The highest BCUT2D eigenvalue weighted by Crippen LogP contribution is 2.29. The van der Waals surface area contributed by atoms with Gasteiger partial charge in [0.25, 0.3) is 5.91 Å². The number of likely N-dealkylation sites (tertiary alicyclic amines) is 1. The van der Waals surface area contributed by atoms with E-state index in [2.05, 4.69) is 34.5 Å². The first-order chi connectivity index (χ1) is 17.9. The van der Waals surface area contributed by atoms with Crippen LogP contribution >= 0.6 is 11.6 Å². The molecule has 0 aliphatic carbocycles. The van der Waals surface area contributed by atoms with E-state index in [1.807, 2.05) is 26.0 Å². The van der Waals surface area contributed by atoms with Gasteiger partial charge in [0.2, 0.25) is 5.91 Å². The molecule has 0 spiro atoms. The van der Waals surface area contributed by atoms with E-state index < -0.39 is 28.6 Å². The molecule has 7 nitrogen and oxygen atoms in total. The van der Waals surface area contributed by atoms with Gasteiger partial charge in [-0.1, -0.05) is 42.7 Å². The zero-order valence-electron chi connectivity index (χ0n) is 21.8. The van der Waals surface area contributed by atoms with Gasteiger partial charge in [0.1, 0.15) is 11.6 Å². The number of amides is 2. The van der Waals surface area contributed by atoms with Gasteiger partial charge in [0, 0.05) is 36.8 Å². The molecule has 0 saturated carbocycles. The lowest BCUT2D eigenvalue weighted by molar-refractivity contribution is -0.126. The maximum atomic E-state index is 14.2. The van der Waals surface area contributed by atoms with Crippen LogP contribution in [0, 0.1) is 17.6 Å². The fourth-order valence-electron chi connectivity index (χ4n) is 4.84. The minimum absolute atomic E-state index is 0.00208. The topological polar surface area (TPSA) is 87.5 Å². The SMILES string of the molecule is CC(C)CN1CC(CC(=O)NC(C)(C)c2cccc(Cl)c2)(NC(=O)c2cc(-c3ccc(F)cc3F)on2)C1. The zero-order chi connectivity index (χ0) is 27.7. The standard InChI is InChI=1S/C28H31ClF2N4O3/c1-17(2)14-35-15-28(16-35,13-25(36)32-27(3,4)18-6-5-7-19(29)10-18)33-26(37)23-12-24(38-34-23)21-9-8-20(30)11-22(21)31/h5-12,17H,13-16H2,1-4H3,(H,32,36)(H,33,37). The molecule has 0 unspecified atom stereocenters. The number of benzene rings is 2. The molecule has 1 fully saturated rings. The van der Waals surface area contributed by atoms with Gasteiger partial charge < -0.3 is 15.2 Å². The Bertz CT molecular complexity index is 1340. The van der Waals surface area contributed by atoms with Gasteiger partial charge >= 0.3 is 0 Å². The highest BCUT2D eigenvalue weighted by molar-refractivity contribution is 6.30. The van der Waals surface area contributed by atoms with Crippen LogP contribution in [0.15, 0.2) is 53.1 Å². The number of rotatable bonds is 9. The lowest BCUT2D eigenvalue weighted by atomic mass is 9.84. The summed E-state index contributed by atoms with van der Waals surface area (Å²) in [5, 5.41) is 10.4. The largest absolute Gasteiger partial charge is 0.355 e. The number of halogens is 3. The summed E-state index contributed by atoms with van der Waals surface area (Å²) >= 11 is 6.14. The third kappa shape index (κ3) is 6.39. The Morgan fingerprint density at radius 2 is 1.89 bits per heavy atom. The summed E-state index contributed by atoms with van der Waals surface area (Å²) in [7, 11) is 0. The monoisotopic (exact) mass is 544 g/mol. The van der Waals surface area contributed by atoms with Gasteiger partial charge in [0.15, 0.2) is 11.5 Å². The molecular formula is C28H31ClF2N4O3. The molecule has 0 radical (unpaired) electrons. The van der Waals surface area contributed by atoms with E-state index in [0.29, 0.717) is 24.0 Å². The number of nitrogens with zero attached hydrogens (tertiary/aromatic N) is 2. The van der Waals surface area contributed by atoms with Crippen LogP contribution in [-0.2, 0) is 10.3 Å². The number of aromatic nitrogens is 1. The maximum absolute atomic E-state index is 14.2. The molecular weight excluding hydrogens is 514 g/mol. The number of carbonyl (C=O) groups is 2. The Morgan fingerprint density at radius 3 is 2.55 bits per heavy atom. The van der Waals surface area contributed by atoms with Crippen LogP contribution in [0.3, 0.4) is 0 Å². The summed E-state index contributed by atoms with van der Waals surface area (Å²) in [5.41, 5.74) is -0.725. The Hall–Kier alpha value is -3.30. The lowest BCUT2D eigenvalue weighted by Gasteiger charge is -2.51. The van der Waals surface area contributed by atoms with Gasteiger partial charge in [0.05, 0.1) is 23.1 Å². The van der Waals surface area contributed by atoms with Crippen molar-refractivity contribution in [2.45, 2.75) is 45.2 Å². The smallest absolute Gasteiger partial charge is 0.274 e. The molecule has 1 saturated heterocycles. The molecule has 2 heterocycles. The van der Waals surface area contributed by atoms with Crippen LogP contribution in [0.2, 0.25) is 5.02 Å². The van der Waals surface area contributed by atoms with Gasteiger partial charge in [-0.05, 0) is 49.6 Å². The molecule has 2 amide bonds. The second-order valence-electron chi connectivity index (χ2n) is 10.9. The zero-order valence-corrected chi connectivity index (χ0v) is 22.5. The van der Waals surface area contributed by atoms with Crippen molar-refractivity contribution in [3.8, 4) is 11.3 Å². The molecule has 0 atom stereocenters. The van der Waals surface area contributed by atoms with Gasteiger partial charge in [-0.3, -0.25) is 14.5 Å². The third-order valence-electron chi connectivity index (χ3n) is 6.49. The van der Waals surface area contributed by atoms with Crippen molar-refractivity contribution in [3.05, 3.63) is 76.4 Å². The van der Waals surface area contributed by atoms with E-state index in [0.717, 1.165) is 24.2 Å². The minimum Gasteiger partial charge on any atom is -0.355 e. The number of hydrogen-bond donors (Lipinski definition) is 2. The van der Waals surface area contributed by atoms with Gasteiger partial charge in [-0.15, -0.1) is 0 Å². The van der Waals surface area contributed by atoms with E-state index in [1.165, 1.54) is 12.1 Å². The molecule has 1 aliphatic rings. The van der Waals surface area contributed by atoms with Crippen LogP contribution in [0.5, 0.6) is 0 Å². The second kappa shape index (κ2) is 10.8. The quantitative estimate of drug-likeness (QED) is 0.389. The van der Waals surface area contributed by atoms with E-state index >= 15 is 0 Å². The fraction of sp³-hybridized carbons (Fsp3) is 0.393. The molecule has 1 aromatic heterocycles. The number of nitrogens with one attached hydrogen (secondary N) is 2. The van der Waals surface area contributed by atoms with Crippen LogP contribution in [0.1, 0.15) is 50.2 Å². The fourth-order valence-corrected chi connectivity index (χ4v) is 5.03. The summed E-state index contributed by atoms with van der Waals surface area (Å²) in [4.78, 5) is 28.5. The molecule has 0 bridgehead atoms. The van der Waals surface area contributed by atoms with Crippen molar-refractivity contribution in [2.75, 3.05) is 19.6 Å². The van der Waals surface area contributed by atoms with Crippen LogP contribution in [0.4, 0.5) is 8.78 Å². The van der Waals surface area contributed by atoms with E-state index in [-0.39, 0.29) is 29.3 Å². The van der Waals surface area contributed by atoms with Crippen molar-refractivity contribution in [3.63, 3.8) is 0 Å². The average Bonchev–Trinajstić information content (AvgIpc) is 3.27. The van der Waals surface area contributed by atoms with E-state index in [9.17, 15) is 18.4 Å². The van der Waals surface area contributed by atoms with Gasteiger partial charge in [-0.2, -0.15) is 0 Å². The average molecular weight is 545 g/mol. The summed E-state index contributed by atoms with van der Waals surface area (Å²) in [6.07, 6.45) is 0.0502. The van der Waals surface area contributed by atoms with Crippen molar-refractivity contribution in [1.29, 1.82) is 0 Å². The van der Waals surface area contributed by atoms with E-state index in [4.69, 9.17) is 16.1 Å². The summed E-state index contributed by atoms with van der Waals surface area (Å²) < 4.78 is 32.6. The third-order valence-corrected chi connectivity index (χ3v) is 6.73. The second-order valence-corrected chi connectivity index (χ2v) is 11.3.